The van der Waals surface area contributed by atoms with Gasteiger partial charge in [0, 0.05) is 20.1 Å². The predicted molar refractivity (Wildman–Crippen MR) is 79.8 cm³/mol. The number of rotatable bonds is 8. The fourth-order valence-corrected chi connectivity index (χ4v) is 1.60. The number of hydrogen-bond acceptors (Lipinski definition) is 3. The second-order valence-corrected chi connectivity index (χ2v) is 5.93. The number of carboxylic acid groups (broad SMARTS) is 1. The van der Waals surface area contributed by atoms with E-state index in [1.54, 1.807) is 13.8 Å². The molecule has 1 unspecified atom stereocenters. The van der Waals surface area contributed by atoms with Crippen molar-refractivity contribution in [1.29, 1.82) is 0 Å². The number of nitrogens with one attached hydrogen (secondary N) is 2. The molecular weight excluding hydrogens is 274 g/mol. The summed E-state index contributed by atoms with van der Waals surface area (Å²) in [5, 5.41) is 14.3. The first-order valence-electron chi connectivity index (χ1n) is 7.13. The van der Waals surface area contributed by atoms with Crippen molar-refractivity contribution in [2.24, 2.45) is 17.8 Å². The van der Waals surface area contributed by atoms with E-state index in [0.717, 1.165) is 0 Å². The van der Waals surface area contributed by atoms with Crippen LogP contribution in [0, 0.1) is 17.8 Å². The number of urea groups is 1. The molecule has 1 atom stereocenters. The highest BCUT2D eigenvalue weighted by atomic mass is 16.4. The van der Waals surface area contributed by atoms with Crippen molar-refractivity contribution >= 4 is 17.9 Å². The Balaban J connectivity index is 4.21. The van der Waals surface area contributed by atoms with Gasteiger partial charge in [0.1, 0.15) is 6.54 Å². The standard InChI is InChI=1S/C14H27N3O4/c1-9(2)6-15-12(18)8-17(5)14(21)16-7-11(10(3)4)13(19)20/h9-11H,6-8H2,1-5H3,(H,15,18)(H,16,21)(H,19,20). The number of likely N-dealkylation sites (N-methyl/N-ethyl adjacent to an activating group) is 1. The number of carbonyl (C=O) groups is 3. The van der Waals surface area contributed by atoms with E-state index in [0.29, 0.717) is 12.5 Å². The average molecular weight is 301 g/mol. The smallest absolute Gasteiger partial charge is 0.317 e. The zero-order valence-electron chi connectivity index (χ0n) is 13.5. The molecule has 21 heavy (non-hydrogen) atoms. The molecule has 0 heterocycles. The van der Waals surface area contributed by atoms with Gasteiger partial charge in [-0.05, 0) is 11.8 Å². The summed E-state index contributed by atoms with van der Waals surface area (Å²) in [5.41, 5.74) is 0. The maximum Gasteiger partial charge on any atom is 0.317 e. The summed E-state index contributed by atoms with van der Waals surface area (Å²) >= 11 is 0. The molecule has 3 amide bonds. The molecule has 0 radical (unpaired) electrons. The Morgan fingerprint density at radius 3 is 2.05 bits per heavy atom. The van der Waals surface area contributed by atoms with Crippen molar-refractivity contribution in [2.75, 3.05) is 26.7 Å². The number of carbonyl (C=O) groups excluding carboxylic acids is 2. The maximum absolute atomic E-state index is 11.8. The Morgan fingerprint density at radius 2 is 1.62 bits per heavy atom. The highest BCUT2D eigenvalue weighted by Gasteiger charge is 2.23. The number of aliphatic carboxylic acids is 1. The Bertz CT molecular complexity index is 369. The minimum absolute atomic E-state index is 0.0454. The van der Waals surface area contributed by atoms with Gasteiger partial charge in [-0.3, -0.25) is 9.59 Å². The highest BCUT2D eigenvalue weighted by Crippen LogP contribution is 2.09. The van der Waals surface area contributed by atoms with E-state index >= 15 is 0 Å². The molecule has 0 rings (SSSR count). The Kier molecular flexibility index (Phi) is 8.42. The fourth-order valence-electron chi connectivity index (χ4n) is 1.60. The molecule has 0 aliphatic heterocycles. The quantitative estimate of drug-likeness (QED) is 0.616. The van der Waals surface area contributed by atoms with Crippen molar-refractivity contribution in [3.8, 4) is 0 Å². The number of hydrogen-bond donors (Lipinski definition) is 3. The first kappa shape index (κ1) is 19.2. The lowest BCUT2D eigenvalue weighted by molar-refractivity contribution is -0.143. The van der Waals surface area contributed by atoms with E-state index in [-0.39, 0.29) is 24.9 Å². The fraction of sp³-hybridized carbons (Fsp3) is 0.786. The largest absolute Gasteiger partial charge is 0.481 e. The normalized spacial score (nSPS) is 12.1. The van der Waals surface area contributed by atoms with Crippen LogP contribution in [0.3, 0.4) is 0 Å². The molecule has 0 aromatic rings. The van der Waals surface area contributed by atoms with Gasteiger partial charge in [0.2, 0.25) is 5.91 Å². The summed E-state index contributed by atoms with van der Waals surface area (Å²) in [6.07, 6.45) is 0. The van der Waals surface area contributed by atoms with Gasteiger partial charge in [0.25, 0.3) is 0 Å². The first-order chi connectivity index (χ1) is 9.65. The van der Waals surface area contributed by atoms with Gasteiger partial charge in [-0.1, -0.05) is 27.7 Å². The van der Waals surface area contributed by atoms with Gasteiger partial charge >= 0.3 is 12.0 Å². The third-order valence-electron chi connectivity index (χ3n) is 3.03. The molecule has 0 spiro atoms. The van der Waals surface area contributed by atoms with Crippen LogP contribution >= 0.6 is 0 Å². The average Bonchev–Trinajstić information content (AvgIpc) is 2.35. The van der Waals surface area contributed by atoms with Crippen LogP contribution in [0.1, 0.15) is 27.7 Å². The molecule has 0 aliphatic rings. The molecule has 0 aromatic heterocycles. The zero-order chi connectivity index (χ0) is 16.6. The van der Waals surface area contributed by atoms with Gasteiger partial charge in [0.05, 0.1) is 5.92 Å². The zero-order valence-corrected chi connectivity index (χ0v) is 13.5. The lowest BCUT2D eigenvalue weighted by Crippen LogP contribution is -2.46. The molecule has 7 nitrogen and oxygen atoms in total. The van der Waals surface area contributed by atoms with E-state index in [9.17, 15) is 14.4 Å². The molecule has 0 bridgehead atoms. The topological polar surface area (TPSA) is 98.7 Å². The molecule has 122 valence electrons. The van der Waals surface area contributed by atoms with Crippen LogP contribution in [0.4, 0.5) is 4.79 Å². The van der Waals surface area contributed by atoms with Crippen LogP contribution in [0.25, 0.3) is 0 Å². The number of carboxylic acids is 1. The van der Waals surface area contributed by atoms with Crippen molar-refractivity contribution in [1.82, 2.24) is 15.5 Å². The lowest BCUT2D eigenvalue weighted by Gasteiger charge is -2.21. The van der Waals surface area contributed by atoms with Crippen LogP contribution in [0.2, 0.25) is 0 Å². The molecule has 0 aromatic carbocycles. The second-order valence-electron chi connectivity index (χ2n) is 5.93. The van der Waals surface area contributed by atoms with Crippen LogP contribution in [0.5, 0.6) is 0 Å². The van der Waals surface area contributed by atoms with E-state index in [4.69, 9.17) is 5.11 Å². The van der Waals surface area contributed by atoms with Crippen molar-refractivity contribution in [2.45, 2.75) is 27.7 Å². The van der Waals surface area contributed by atoms with E-state index in [1.807, 2.05) is 13.8 Å². The number of nitrogens with zero attached hydrogens (tertiary/aromatic N) is 1. The highest BCUT2D eigenvalue weighted by molar-refractivity contribution is 5.84. The summed E-state index contributed by atoms with van der Waals surface area (Å²) in [6.45, 7) is 8.08. The summed E-state index contributed by atoms with van der Waals surface area (Å²) in [6, 6.07) is -0.457. The molecule has 3 N–H and O–H groups in total. The van der Waals surface area contributed by atoms with Crippen molar-refractivity contribution in [3.05, 3.63) is 0 Å². The van der Waals surface area contributed by atoms with Gasteiger partial charge in [-0.25, -0.2) is 4.79 Å². The Hall–Kier alpha value is -1.79. The van der Waals surface area contributed by atoms with E-state index in [1.165, 1.54) is 11.9 Å². The maximum atomic E-state index is 11.8. The molecular formula is C14H27N3O4. The molecule has 0 saturated carbocycles. The SMILES string of the molecule is CC(C)CNC(=O)CN(C)C(=O)NCC(C(=O)O)C(C)C. The Morgan fingerprint density at radius 1 is 1.05 bits per heavy atom. The van der Waals surface area contributed by atoms with Gasteiger partial charge in [-0.15, -0.1) is 0 Å². The summed E-state index contributed by atoms with van der Waals surface area (Å²) in [5.74, 6) is -1.56. The van der Waals surface area contributed by atoms with E-state index in [2.05, 4.69) is 10.6 Å². The molecule has 0 saturated heterocycles. The minimum atomic E-state index is -0.942. The minimum Gasteiger partial charge on any atom is -0.481 e. The summed E-state index contributed by atoms with van der Waals surface area (Å²) in [7, 11) is 1.50. The second kappa shape index (κ2) is 9.20. The van der Waals surface area contributed by atoms with Crippen LogP contribution in [-0.2, 0) is 9.59 Å². The molecule has 0 aliphatic carbocycles. The third kappa shape index (κ3) is 8.16. The van der Waals surface area contributed by atoms with Crippen molar-refractivity contribution < 1.29 is 19.5 Å². The summed E-state index contributed by atoms with van der Waals surface area (Å²) in [4.78, 5) is 35.7. The van der Waals surface area contributed by atoms with Crippen LogP contribution in [-0.4, -0.2) is 54.6 Å². The monoisotopic (exact) mass is 301 g/mol. The van der Waals surface area contributed by atoms with Crippen LogP contribution in [0.15, 0.2) is 0 Å². The number of amides is 3. The summed E-state index contributed by atoms with van der Waals surface area (Å²) < 4.78 is 0. The lowest BCUT2D eigenvalue weighted by atomic mass is 9.96. The predicted octanol–water partition coefficient (Wildman–Crippen LogP) is 0.757. The molecule has 0 fully saturated rings. The van der Waals surface area contributed by atoms with Crippen molar-refractivity contribution in [3.63, 3.8) is 0 Å². The van der Waals surface area contributed by atoms with Gasteiger partial charge < -0.3 is 20.6 Å². The van der Waals surface area contributed by atoms with Gasteiger partial charge in [-0.2, -0.15) is 0 Å². The Labute approximate surface area is 126 Å². The van der Waals surface area contributed by atoms with E-state index < -0.39 is 17.9 Å². The molecule has 7 heteroatoms. The van der Waals surface area contributed by atoms with Crippen LogP contribution < -0.4 is 10.6 Å². The first-order valence-corrected chi connectivity index (χ1v) is 7.13. The third-order valence-corrected chi connectivity index (χ3v) is 3.03. The van der Waals surface area contributed by atoms with Gasteiger partial charge in [0.15, 0.2) is 0 Å².